The molecule has 0 N–H and O–H groups in total. The Morgan fingerprint density at radius 2 is 2.40 bits per heavy atom. The molecule has 0 bridgehead atoms. The van der Waals surface area contributed by atoms with E-state index in [2.05, 4.69) is 31.2 Å². The maximum Gasteiger partial charge on any atom is 0.240 e. The van der Waals surface area contributed by atoms with Crippen LogP contribution in [-0.4, -0.2) is 19.9 Å². The SMILES string of the molecule is CCC(Br)c1nc(-c2ccn(C)n2)no1. The van der Waals surface area contributed by atoms with Crippen molar-refractivity contribution in [3.8, 4) is 11.5 Å². The van der Waals surface area contributed by atoms with Gasteiger partial charge in [0.25, 0.3) is 0 Å². The molecule has 0 spiro atoms. The molecule has 2 aromatic heterocycles. The van der Waals surface area contributed by atoms with Crippen LogP contribution in [0.3, 0.4) is 0 Å². The molecule has 80 valence electrons. The fourth-order valence-electron chi connectivity index (χ4n) is 1.18. The van der Waals surface area contributed by atoms with Crippen molar-refractivity contribution >= 4 is 15.9 Å². The summed E-state index contributed by atoms with van der Waals surface area (Å²) >= 11 is 3.45. The second-order valence-electron chi connectivity index (χ2n) is 3.21. The van der Waals surface area contributed by atoms with Gasteiger partial charge in [-0.25, -0.2) is 0 Å². The standard InChI is InChI=1S/C9H11BrN4O/c1-3-6(10)9-11-8(13-15-9)7-4-5-14(2)12-7/h4-6H,3H2,1-2H3. The third-order valence-corrected chi connectivity index (χ3v) is 3.05. The van der Waals surface area contributed by atoms with Crippen LogP contribution in [0.25, 0.3) is 11.5 Å². The number of nitrogens with zero attached hydrogens (tertiary/aromatic N) is 4. The first kappa shape index (κ1) is 10.4. The molecule has 0 radical (unpaired) electrons. The van der Waals surface area contributed by atoms with Gasteiger partial charge in [-0.15, -0.1) is 0 Å². The molecule has 0 aromatic carbocycles. The zero-order chi connectivity index (χ0) is 10.8. The molecule has 6 heteroatoms. The van der Waals surface area contributed by atoms with Gasteiger partial charge in [0.1, 0.15) is 5.69 Å². The maximum atomic E-state index is 5.12. The van der Waals surface area contributed by atoms with Gasteiger partial charge in [0.05, 0.1) is 4.83 Å². The number of halogens is 1. The summed E-state index contributed by atoms with van der Waals surface area (Å²) in [6.45, 7) is 2.05. The fraction of sp³-hybridized carbons (Fsp3) is 0.444. The minimum Gasteiger partial charge on any atom is -0.338 e. The van der Waals surface area contributed by atoms with Crippen molar-refractivity contribution < 1.29 is 4.52 Å². The van der Waals surface area contributed by atoms with Crippen molar-refractivity contribution in [1.29, 1.82) is 0 Å². The molecule has 1 unspecified atom stereocenters. The van der Waals surface area contributed by atoms with Crippen LogP contribution < -0.4 is 0 Å². The molecule has 0 amide bonds. The summed E-state index contributed by atoms with van der Waals surface area (Å²) in [6.07, 6.45) is 2.75. The molecule has 0 saturated heterocycles. The topological polar surface area (TPSA) is 56.7 Å². The van der Waals surface area contributed by atoms with Gasteiger partial charge in [-0.2, -0.15) is 10.1 Å². The predicted octanol–water partition coefficient (Wildman–Crippen LogP) is 2.32. The van der Waals surface area contributed by atoms with E-state index in [-0.39, 0.29) is 4.83 Å². The third kappa shape index (κ3) is 2.09. The lowest BCUT2D eigenvalue weighted by molar-refractivity contribution is 0.376. The van der Waals surface area contributed by atoms with E-state index in [1.54, 1.807) is 4.68 Å². The Hall–Kier alpha value is -1.17. The second-order valence-corrected chi connectivity index (χ2v) is 4.31. The smallest absolute Gasteiger partial charge is 0.240 e. The first-order valence-corrected chi connectivity index (χ1v) is 5.60. The summed E-state index contributed by atoms with van der Waals surface area (Å²) in [7, 11) is 1.85. The summed E-state index contributed by atoms with van der Waals surface area (Å²) in [4.78, 5) is 4.38. The highest BCUT2D eigenvalue weighted by atomic mass is 79.9. The van der Waals surface area contributed by atoms with E-state index in [1.807, 2.05) is 26.2 Å². The number of hydrogen-bond donors (Lipinski definition) is 0. The Balaban J connectivity index is 2.27. The normalized spacial score (nSPS) is 13.0. The third-order valence-electron chi connectivity index (χ3n) is 2.01. The van der Waals surface area contributed by atoms with Crippen LogP contribution in [-0.2, 0) is 7.05 Å². The van der Waals surface area contributed by atoms with Crippen LogP contribution in [0.4, 0.5) is 0 Å². The lowest BCUT2D eigenvalue weighted by Crippen LogP contribution is -1.90. The van der Waals surface area contributed by atoms with E-state index in [0.29, 0.717) is 11.7 Å². The number of aromatic nitrogens is 4. The Bertz CT molecular complexity index is 450. The minimum atomic E-state index is 0.113. The summed E-state index contributed by atoms with van der Waals surface area (Å²) in [5.74, 6) is 1.13. The molecule has 2 rings (SSSR count). The molecule has 2 heterocycles. The van der Waals surface area contributed by atoms with Gasteiger partial charge in [-0.3, -0.25) is 4.68 Å². The molecular formula is C9H11BrN4O. The van der Waals surface area contributed by atoms with Gasteiger partial charge in [0.15, 0.2) is 0 Å². The van der Waals surface area contributed by atoms with E-state index in [1.165, 1.54) is 0 Å². The Morgan fingerprint density at radius 1 is 1.60 bits per heavy atom. The Kier molecular flexibility index (Phi) is 2.86. The quantitative estimate of drug-likeness (QED) is 0.804. The average Bonchev–Trinajstić information content (AvgIpc) is 2.84. The fourth-order valence-corrected chi connectivity index (χ4v) is 1.36. The van der Waals surface area contributed by atoms with Crippen LogP contribution in [0.5, 0.6) is 0 Å². The van der Waals surface area contributed by atoms with E-state index in [0.717, 1.165) is 12.1 Å². The van der Waals surface area contributed by atoms with Crippen molar-refractivity contribution in [2.45, 2.75) is 18.2 Å². The molecule has 0 aliphatic heterocycles. The number of aryl methyl sites for hydroxylation is 1. The summed E-state index contributed by atoms with van der Waals surface area (Å²) < 4.78 is 6.83. The zero-order valence-corrected chi connectivity index (χ0v) is 10.1. The lowest BCUT2D eigenvalue weighted by Gasteiger charge is -1.96. The van der Waals surface area contributed by atoms with Gasteiger partial charge in [0.2, 0.25) is 11.7 Å². The largest absolute Gasteiger partial charge is 0.338 e. The molecule has 1 atom stereocenters. The monoisotopic (exact) mass is 270 g/mol. The average molecular weight is 271 g/mol. The molecule has 0 aliphatic rings. The molecule has 0 fully saturated rings. The molecular weight excluding hydrogens is 260 g/mol. The minimum absolute atomic E-state index is 0.113. The van der Waals surface area contributed by atoms with E-state index >= 15 is 0 Å². The molecule has 0 saturated carbocycles. The lowest BCUT2D eigenvalue weighted by atomic mass is 10.3. The molecule has 0 aliphatic carbocycles. The number of alkyl halides is 1. The molecule has 5 nitrogen and oxygen atoms in total. The highest BCUT2D eigenvalue weighted by Crippen LogP contribution is 2.25. The first-order valence-electron chi connectivity index (χ1n) is 4.68. The van der Waals surface area contributed by atoms with Crippen LogP contribution in [0.1, 0.15) is 24.1 Å². The van der Waals surface area contributed by atoms with Crippen molar-refractivity contribution in [3.63, 3.8) is 0 Å². The van der Waals surface area contributed by atoms with Gasteiger partial charge < -0.3 is 4.52 Å². The summed E-state index contributed by atoms with van der Waals surface area (Å²) in [5.41, 5.74) is 0.725. The number of rotatable bonds is 3. The van der Waals surface area contributed by atoms with Crippen LogP contribution in [0.2, 0.25) is 0 Å². The predicted molar refractivity (Wildman–Crippen MR) is 58.5 cm³/mol. The van der Waals surface area contributed by atoms with Crippen molar-refractivity contribution in [1.82, 2.24) is 19.9 Å². The highest BCUT2D eigenvalue weighted by Gasteiger charge is 2.15. The maximum absolute atomic E-state index is 5.12. The molecule has 15 heavy (non-hydrogen) atoms. The van der Waals surface area contributed by atoms with Gasteiger partial charge in [0, 0.05) is 13.2 Å². The summed E-state index contributed by atoms with van der Waals surface area (Å²) in [6, 6.07) is 1.85. The summed E-state index contributed by atoms with van der Waals surface area (Å²) in [5, 5.41) is 8.07. The van der Waals surface area contributed by atoms with Gasteiger partial charge in [-0.05, 0) is 12.5 Å². The highest BCUT2D eigenvalue weighted by molar-refractivity contribution is 9.09. The van der Waals surface area contributed by atoms with E-state index in [4.69, 9.17) is 4.52 Å². The van der Waals surface area contributed by atoms with E-state index in [9.17, 15) is 0 Å². The van der Waals surface area contributed by atoms with Crippen molar-refractivity contribution in [3.05, 3.63) is 18.2 Å². The Labute approximate surface area is 95.6 Å². The first-order chi connectivity index (χ1) is 7.20. The van der Waals surface area contributed by atoms with Crippen molar-refractivity contribution in [2.24, 2.45) is 7.05 Å². The van der Waals surface area contributed by atoms with Crippen LogP contribution in [0, 0.1) is 0 Å². The van der Waals surface area contributed by atoms with Gasteiger partial charge in [-0.1, -0.05) is 28.0 Å². The van der Waals surface area contributed by atoms with Crippen molar-refractivity contribution in [2.75, 3.05) is 0 Å². The van der Waals surface area contributed by atoms with E-state index < -0.39 is 0 Å². The number of hydrogen-bond acceptors (Lipinski definition) is 4. The van der Waals surface area contributed by atoms with Crippen LogP contribution in [0.15, 0.2) is 16.8 Å². The zero-order valence-electron chi connectivity index (χ0n) is 8.51. The van der Waals surface area contributed by atoms with Crippen LogP contribution >= 0.6 is 15.9 Å². The Morgan fingerprint density at radius 3 is 3.00 bits per heavy atom. The molecule has 2 aromatic rings. The van der Waals surface area contributed by atoms with Gasteiger partial charge >= 0.3 is 0 Å². The second kappa shape index (κ2) is 4.14.